The molecule has 1 unspecified atom stereocenters. The number of benzene rings is 1. The van der Waals surface area contributed by atoms with Crippen LogP contribution in [0.1, 0.15) is 36.6 Å². The van der Waals surface area contributed by atoms with Crippen LogP contribution in [0.4, 0.5) is 0 Å². The molecule has 2 aliphatic rings. The highest BCUT2D eigenvalue weighted by Gasteiger charge is 2.47. The van der Waals surface area contributed by atoms with Crippen LogP contribution in [0.2, 0.25) is 0 Å². The lowest BCUT2D eigenvalue weighted by molar-refractivity contribution is -0.143. The van der Waals surface area contributed by atoms with Crippen molar-refractivity contribution in [3.8, 4) is 5.75 Å². The largest absolute Gasteiger partial charge is 0.483 e. The minimum Gasteiger partial charge on any atom is -0.483 e. The Balaban J connectivity index is 1.75. The van der Waals surface area contributed by atoms with Crippen molar-refractivity contribution in [3.63, 3.8) is 0 Å². The van der Waals surface area contributed by atoms with Crippen molar-refractivity contribution >= 4 is 22.8 Å². The van der Waals surface area contributed by atoms with Gasteiger partial charge >= 0.3 is 11.9 Å². The number of carbonyl (C=O) groups is 2. The standard InChI is InChI=1S/C21H24N2O6/c1-12(25)28-10-18-19-14(15-7-13(9-24)3-4-16(15)23-18)5-6-21(29-19)8-17(22-11-21)20(26)27-2/h3-4,7,17,22,24H,5-6,8-11H2,1-2H3/t17-,21?/m0/s1. The molecule has 4 rings (SSSR count). The quantitative estimate of drug-likeness (QED) is 0.742. The van der Waals surface area contributed by atoms with Crippen LogP contribution in [0.15, 0.2) is 18.2 Å². The number of hydrogen-bond acceptors (Lipinski definition) is 8. The summed E-state index contributed by atoms with van der Waals surface area (Å²) in [6.45, 7) is 1.83. The predicted octanol–water partition coefficient (Wildman–Crippen LogP) is 1.39. The Kier molecular flexibility index (Phi) is 5.14. The van der Waals surface area contributed by atoms with Gasteiger partial charge in [-0.25, -0.2) is 4.98 Å². The molecule has 0 saturated carbocycles. The van der Waals surface area contributed by atoms with Gasteiger partial charge in [0.25, 0.3) is 0 Å². The molecule has 2 N–H and O–H groups in total. The second kappa shape index (κ2) is 7.61. The fourth-order valence-electron chi connectivity index (χ4n) is 4.17. The number of ether oxygens (including phenoxy) is 3. The molecule has 154 valence electrons. The Labute approximate surface area is 168 Å². The number of hydrogen-bond donors (Lipinski definition) is 2. The minimum absolute atomic E-state index is 0.0132. The Morgan fingerprint density at radius 3 is 2.97 bits per heavy atom. The summed E-state index contributed by atoms with van der Waals surface area (Å²) in [7, 11) is 1.37. The molecule has 0 radical (unpaired) electrons. The number of nitrogens with zero attached hydrogens (tertiary/aromatic N) is 1. The monoisotopic (exact) mass is 400 g/mol. The van der Waals surface area contributed by atoms with E-state index in [1.807, 2.05) is 18.2 Å². The molecule has 2 atom stereocenters. The first-order valence-corrected chi connectivity index (χ1v) is 9.63. The molecule has 1 saturated heterocycles. The predicted molar refractivity (Wildman–Crippen MR) is 103 cm³/mol. The third kappa shape index (κ3) is 3.65. The maximum absolute atomic E-state index is 11.9. The van der Waals surface area contributed by atoms with Crippen LogP contribution in [0.25, 0.3) is 10.9 Å². The average Bonchev–Trinajstić information content (AvgIpc) is 3.14. The van der Waals surface area contributed by atoms with E-state index in [0.29, 0.717) is 24.4 Å². The van der Waals surface area contributed by atoms with Gasteiger partial charge in [-0.2, -0.15) is 0 Å². The number of rotatable bonds is 4. The molecule has 1 aromatic heterocycles. The maximum Gasteiger partial charge on any atom is 0.323 e. The van der Waals surface area contributed by atoms with Gasteiger partial charge in [0.2, 0.25) is 0 Å². The van der Waals surface area contributed by atoms with Crippen LogP contribution in [0, 0.1) is 0 Å². The molecule has 8 nitrogen and oxygen atoms in total. The highest BCUT2D eigenvalue weighted by molar-refractivity contribution is 5.86. The van der Waals surface area contributed by atoms with E-state index >= 15 is 0 Å². The van der Waals surface area contributed by atoms with Gasteiger partial charge in [-0.05, 0) is 30.5 Å². The van der Waals surface area contributed by atoms with Crippen LogP contribution >= 0.6 is 0 Å². The Bertz CT molecular complexity index is 975. The first kappa shape index (κ1) is 19.6. The summed E-state index contributed by atoms with van der Waals surface area (Å²) in [4.78, 5) is 28.0. The van der Waals surface area contributed by atoms with Gasteiger partial charge < -0.3 is 24.6 Å². The average molecular weight is 400 g/mol. The van der Waals surface area contributed by atoms with Crippen molar-refractivity contribution in [2.75, 3.05) is 13.7 Å². The second-order valence-electron chi connectivity index (χ2n) is 7.60. The van der Waals surface area contributed by atoms with E-state index in [0.717, 1.165) is 34.9 Å². The van der Waals surface area contributed by atoms with Crippen LogP contribution in [-0.2, 0) is 38.7 Å². The molecular weight excluding hydrogens is 376 g/mol. The van der Waals surface area contributed by atoms with Crippen LogP contribution < -0.4 is 10.1 Å². The van der Waals surface area contributed by atoms with Crippen molar-refractivity contribution in [1.29, 1.82) is 0 Å². The van der Waals surface area contributed by atoms with E-state index in [-0.39, 0.29) is 19.2 Å². The lowest BCUT2D eigenvalue weighted by Gasteiger charge is -2.36. The van der Waals surface area contributed by atoms with E-state index in [4.69, 9.17) is 14.2 Å². The van der Waals surface area contributed by atoms with Gasteiger partial charge in [0.05, 0.1) is 19.2 Å². The molecule has 0 bridgehead atoms. The van der Waals surface area contributed by atoms with Gasteiger partial charge in [-0.1, -0.05) is 6.07 Å². The summed E-state index contributed by atoms with van der Waals surface area (Å²) < 4.78 is 16.5. The first-order valence-electron chi connectivity index (χ1n) is 9.63. The summed E-state index contributed by atoms with van der Waals surface area (Å²) in [6, 6.07) is 5.19. The highest BCUT2D eigenvalue weighted by atomic mass is 16.5. The van der Waals surface area contributed by atoms with Gasteiger partial charge in [0, 0.05) is 30.8 Å². The number of carbonyl (C=O) groups excluding carboxylic acids is 2. The number of aliphatic hydroxyl groups excluding tert-OH is 1. The normalized spacial score (nSPS) is 22.9. The number of aryl methyl sites for hydroxylation is 1. The maximum atomic E-state index is 11.9. The van der Waals surface area contributed by atoms with E-state index in [1.54, 1.807) is 0 Å². The Hall–Kier alpha value is -2.71. The zero-order valence-electron chi connectivity index (χ0n) is 16.5. The third-order valence-corrected chi connectivity index (χ3v) is 5.65. The molecule has 0 amide bonds. The molecular formula is C21H24N2O6. The molecule has 29 heavy (non-hydrogen) atoms. The summed E-state index contributed by atoms with van der Waals surface area (Å²) in [5.74, 6) is -0.0943. The SMILES string of the molecule is COC(=O)[C@@H]1CC2(CCc3c(c(COC(C)=O)nc4ccc(CO)cc34)O2)CN1. The topological polar surface area (TPSA) is 107 Å². The molecule has 2 aromatic rings. The molecule has 2 aliphatic heterocycles. The van der Waals surface area contributed by atoms with E-state index < -0.39 is 17.6 Å². The smallest absolute Gasteiger partial charge is 0.323 e. The fourth-order valence-corrected chi connectivity index (χ4v) is 4.17. The van der Waals surface area contributed by atoms with E-state index in [9.17, 15) is 14.7 Å². The summed E-state index contributed by atoms with van der Waals surface area (Å²) >= 11 is 0. The van der Waals surface area contributed by atoms with Crippen molar-refractivity contribution in [2.24, 2.45) is 0 Å². The van der Waals surface area contributed by atoms with Crippen LogP contribution in [0.5, 0.6) is 5.75 Å². The summed E-state index contributed by atoms with van der Waals surface area (Å²) in [5.41, 5.74) is 2.56. The van der Waals surface area contributed by atoms with Crippen molar-refractivity contribution in [1.82, 2.24) is 10.3 Å². The van der Waals surface area contributed by atoms with E-state index in [1.165, 1.54) is 14.0 Å². The lowest BCUT2D eigenvalue weighted by atomic mass is 9.87. The van der Waals surface area contributed by atoms with Gasteiger partial charge in [-0.15, -0.1) is 0 Å². The van der Waals surface area contributed by atoms with Crippen molar-refractivity contribution < 1.29 is 28.9 Å². The second-order valence-corrected chi connectivity index (χ2v) is 7.60. The molecule has 0 aliphatic carbocycles. The van der Waals surface area contributed by atoms with Crippen molar-refractivity contribution in [3.05, 3.63) is 35.0 Å². The first-order chi connectivity index (χ1) is 13.9. The Morgan fingerprint density at radius 1 is 1.41 bits per heavy atom. The number of nitrogens with one attached hydrogen (secondary N) is 1. The molecule has 1 spiro atoms. The molecule has 8 heteroatoms. The number of pyridine rings is 1. The number of aliphatic hydroxyl groups is 1. The van der Waals surface area contributed by atoms with Gasteiger partial charge in [-0.3, -0.25) is 9.59 Å². The third-order valence-electron chi connectivity index (χ3n) is 5.65. The van der Waals surface area contributed by atoms with Gasteiger partial charge in [0.1, 0.15) is 29.7 Å². The lowest BCUT2D eigenvalue weighted by Crippen LogP contribution is -2.42. The number of fused-ring (bicyclic) bond motifs is 3. The van der Waals surface area contributed by atoms with Crippen molar-refractivity contribution in [2.45, 2.75) is 51.0 Å². The summed E-state index contributed by atoms with van der Waals surface area (Å²) in [6.07, 6.45) is 1.96. The summed E-state index contributed by atoms with van der Waals surface area (Å²) in [5, 5.41) is 13.6. The fraction of sp³-hybridized carbons (Fsp3) is 0.476. The van der Waals surface area contributed by atoms with E-state index in [2.05, 4.69) is 10.3 Å². The zero-order chi connectivity index (χ0) is 20.6. The Morgan fingerprint density at radius 2 is 2.24 bits per heavy atom. The molecule has 3 heterocycles. The highest BCUT2D eigenvalue weighted by Crippen LogP contribution is 2.43. The number of methoxy groups -OCH3 is 1. The molecule has 1 fully saturated rings. The molecule has 1 aromatic carbocycles. The number of esters is 2. The minimum atomic E-state index is -0.541. The zero-order valence-corrected chi connectivity index (χ0v) is 16.5. The van der Waals surface area contributed by atoms with Crippen LogP contribution in [0.3, 0.4) is 0 Å². The number of aromatic nitrogens is 1. The van der Waals surface area contributed by atoms with Crippen LogP contribution in [-0.4, -0.2) is 47.3 Å². The van der Waals surface area contributed by atoms with Gasteiger partial charge in [0.15, 0.2) is 0 Å².